The van der Waals surface area contributed by atoms with E-state index in [1.807, 2.05) is 25.3 Å². The van der Waals surface area contributed by atoms with Crippen LogP contribution in [0.1, 0.15) is 19.8 Å². The van der Waals surface area contributed by atoms with Crippen molar-refractivity contribution < 1.29 is 24.5 Å². The molecule has 0 spiro atoms. The zero-order valence-corrected chi connectivity index (χ0v) is 15.2. The lowest BCUT2D eigenvalue weighted by Crippen LogP contribution is -2.36. The zero-order valence-electron chi connectivity index (χ0n) is 15.2. The molecule has 10 heteroatoms. The van der Waals surface area contributed by atoms with Gasteiger partial charge in [0, 0.05) is 18.8 Å². The van der Waals surface area contributed by atoms with Gasteiger partial charge in [0.15, 0.2) is 5.65 Å². The van der Waals surface area contributed by atoms with Crippen molar-refractivity contribution in [3.63, 3.8) is 0 Å². The Morgan fingerprint density at radius 3 is 2.67 bits per heavy atom. The third-order valence-corrected chi connectivity index (χ3v) is 4.02. The number of ether oxygens (including phenoxy) is 1. The summed E-state index contributed by atoms with van der Waals surface area (Å²) in [5.74, 6) is -2.74. The summed E-state index contributed by atoms with van der Waals surface area (Å²) < 4.78 is 7.62. The van der Waals surface area contributed by atoms with E-state index >= 15 is 0 Å². The van der Waals surface area contributed by atoms with Crippen molar-refractivity contribution in [2.24, 2.45) is 0 Å². The molecule has 1 aliphatic rings. The molecule has 0 aromatic carbocycles. The number of fused-ring (bicyclic) bond motifs is 1. The highest BCUT2D eigenvalue weighted by molar-refractivity contribution is 6.27. The van der Waals surface area contributed by atoms with E-state index < -0.39 is 11.9 Å². The van der Waals surface area contributed by atoms with Crippen molar-refractivity contribution in [1.82, 2.24) is 19.9 Å². The van der Waals surface area contributed by atoms with Crippen LogP contribution in [0.2, 0.25) is 0 Å². The van der Waals surface area contributed by atoms with Gasteiger partial charge in [-0.25, -0.2) is 19.6 Å². The second kappa shape index (κ2) is 10.4. The lowest BCUT2D eigenvalue weighted by Gasteiger charge is -2.24. The average Bonchev–Trinajstić information content (AvgIpc) is 3.00. The number of anilines is 1. The predicted octanol–water partition coefficient (Wildman–Crippen LogP) is 0.787. The van der Waals surface area contributed by atoms with Crippen LogP contribution < -0.4 is 10.6 Å². The van der Waals surface area contributed by atoms with E-state index in [4.69, 9.17) is 29.5 Å². The van der Waals surface area contributed by atoms with Crippen LogP contribution in [-0.4, -0.2) is 69.0 Å². The minimum Gasteiger partial charge on any atom is -0.473 e. The van der Waals surface area contributed by atoms with Crippen LogP contribution in [-0.2, 0) is 20.9 Å². The van der Waals surface area contributed by atoms with Gasteiger partial charge in [-0.05, 0) is 45.0 Å². The number of carboxylic acid groups (broad SMARTS) is 2. The van der Waals surface area contributed by atoms with E-state index in [-0.39, 0.29) is 0 Å². The molecular formula is C17H25N5O5. The number of imidazole rings is 1. The summed E-state index contributed by atoms with van der Waals surface area (Å²) in [6.07, 6.45) is 4.07. The Hall–Kier alpha value is -2.72. The summed E-state index contributed by atoms with van der Waals surface area (Å²) >= 11 is 0. The standard InChI is InChI=1S/C15H23N5O.C2H2O4/c1-2-21-11-10-20-14-13(4-3-7-17-14)19-15(20)18-12-5-8-16-9-6-12;3-1(4)2(5)6/h3-4,7,12,16H,2,5-6,8-11H2,1H3,(H,18,19);(H,3,4)(H,5,6). The highest BCUT2D eigenvalue weighted by atomic mass is 16.5. The number of carboxylic acids is 2. The molecule has 0 radical (unpaired) electrons. The van der Waals surface area contributed by atoms with Crippen molar-refractivity contribution >= 4 is 29.1 Å². The number of pyridine rings is 1. The van der Waals surface area contributed by atoms with Crippen LogP contribution >= 0.6 is 0 Å². The summed E-state index contributed by atoms with van der Waals surface area (Å²) in [7, 11) is 0. The van der Waals surface area contributed by atoms with Gasteiger partial charge in [-0.3, -0.25) is 4.57 Å². The number of hydrogen-bond donors (Lipinski definition) is 4. The lowest BCUT2D eigenvalue weighted by molar-refractivity contribution is -0.159. The molecule has 4 N–H and O–H groups in total. The SMILES string of the molecule is CCOCCn1c(NC2CCNCC2)nc2cccnc21.O=C(O)C(=O)O. The highest BCUT2D eigenvalue weighted by Gasteiger charge is 2.17. The largest absolute Gasteiger partial charge is 0.473 e. The molecule has 1 saturated heterocycles. The highest BCUT2D eigenvalue weighted by Crippen LogP contribution is 2.19. The van der Waals surface area contributed by atoms with Crippen LogP contribution in [0.3, 0.4) is 0 Å². The van der Waals surface area contributed by atoms with Gasteiger partial charge in [0.1, 0.15) is 5.52 Å². The molecule has 148 valence electrons. The Morgan fingerprint density at radius 2 is 2.04 bits per heavy atom. The maximum Gasteiger partial charge on any atom is 0.414 e. The molecule has 3 rings (SSSR count). The number of nitrogens with zero attached hydrogens (tertiary/aromatic N) is 3. The molecular weight excluding hydrogens is 354 g/mol. The lowest BCUT2D eigenvalue weighted by atomic mass is 10.1. The van der Waals surface area contributed by atoms with Crippen molar-refractivity contribution in [1.29, 1.82) is 0 Å². The Kier molecular flexibility index (Phi) is 7.96. The smallest absolute Gasteiger partial charge is 0.414 e. The van der Waals surface area contributed by atoms with Crippen molar-refractivity contribution in [3.05, 3.63) is 18.3 Å². The summed E-state index contributed by atoms with van der Waals surface area (Å²) in [6.45, 7) is 6.33. The van der Waals surface area contributed by atoms with Crippen molar-refractivity contribution in [2.75, 3.05) is 31.6 Å². The molecule has 2 aromatic heterocycles. The number of aromatic nitrogens is 3. The first-order chi connectivity index (χ1) is 13.0. The number of nitrogens with one attached hydrogen (secondary N) is 2. The Morgan fingerprint density at radius 1 is 1.33 bits per heavy atom. The van der Waals surface area contributed by atoms with Crippen molar-refractivity contribution in [2.45, 2.75) is 32.4 Å². The molecule has 2 aromatic rings. The first-order valence-electron chi connectivity index (χ1n) is 8.85. The first kappa shape index (κ1) is 20.6. The molecule has 0 amide bonds. The van der Waals surface area contributed by atoms with Gasteiger partial charge in [-0.2, -0.15) is 0 Å². The molecule has 0 unspecified atom stereocenters. The minimum atomic E-state index is -1.82. The zero-order chi connectivity index (χ0) is 19.6. The van der Waals surface area contributed by atoms with Gasteiger partial charge in [-0.1, -0.05) is 0 Å². The van der Waals surface area contributed by atoms with Crippen LogP contribution in [0.4, 0.5) is 5.95 Å². The Balaban J connectivity index is 0.000000380. The summed E-state index contributed by atoms with van der Waals surface area (Å²) in [5, 5.41) is 21.7. The van der Waals surface area contributed by atoms with Crippen LogP contribution in [0.25, 0.3) is 11.2 Å². The summed E-state index contributed by atoms with van der Waals surface area (Å²) in [5.41, 5.74) is 1.86. The van der Waals surface area contributed by atoms with E-state index in [0.717, 1.165) is 56.2 Å². The fourth-order valence-electron chi connectivity index (χ4n) is 2.73. The number of piperidine rings is 1. The number of hydrogen-bond acceptors (Lipinski definition) is 7. The second-order valence-corrected chi connectivity index (χ2v) is 5.91. The van der Waals surface area contributed by atoms with Crippen LogP contribution in [0, 0.1) is 0 Å². The van der Waals surface area contributed by atoms with E-state index in [2.05, 4.69) is 20.2 Å². The van der Waals surface area contributed by atoms with Gasteiger partial charge in [0.25, 0.3) is 0 Å². The molecule has 0 saturated carbocycles. The van der Waals surface area contributed by atoms with Gasteiger partial charge in [0.2, 0.25) is 5.95 Å². The number of rotatable bonds is 6. The van der Waals surface area contributed by atoms with Gasteiger partial charge in [0.05, 0.1) is 13.2 Å². The summed E-state index contributed by atoms with van der Waals surface area (Å²) in [4.78, 5) is 27.4. The topological polar surface area (TPSA) is 139 Å². The molecule has 0 aliphatic carbocycles. The predicted molar refractivity (Wildman–Crippen MR) is 98.8 cm³/mol. The second-order valence-electron chi connectivity index (χ2n) is 5.91. The van der Waals surface area contributed by atoms with Crippen LogP contribution in [0.15, 0.2) is 18.3 Å². The number of carbonyl (C=O) groups is 2. The van der Waals surface area contributed by atoms with E-state index in [0.29, 0.717) is 12.6 Å². The molecule has 0 atom stereocenters. The van der Waals surface area contributed by atoms with E-state index in [1.54, 1.807) is 0 Å². The summed E-state index contributed by atoms with van der Waals surface area (Å²) in [6, 6.07) is 4.41. The average molecular weight is 379 g/mol. The third-order valence-electron chi connectivity index (χ3n) is 4.02. The minimum absolute atomic E-state index is 0.480. The number of aliphatic carboxylic acids is 2. The molecule has 27 heavy (non-hydrogen) atoms. The third kappa shape index (κ3) is 6.19. The molecule has 3 heterocycles. The quantitative estimate of drug-likeness (QED) is 0.424. The maximum absolute atomic E-state index is 9.10. The molecule has 1 aliphatic heterocycles. The normalized spacial score (nSPS) is 14.4. The first-order valence-corrected chi connectivity index (χ1v) is 8.85. The maximum atomic E-state index is 9.10. The molecule has 1 fully saturated rings. The van der Waals surface area contributed by atoms with Gasteiger partial charge in [-0.15, -0.1) is 0 Å². The van der Waals surface area contributed by atoms with Gasteiger partial charge >= 0.3 is 11.9 Å². The van der Waals surface area contributed by atoms with Crippen molar-refractivity contribution in [3.8, 4) is 0 Å². The Bertz CT molecular complexity index is 745. The molecule has 0 bridgehead atoms. The van der Waals surface area contributed by atoms with E-state index in [9.17, 15) is 0 Å². The fourth-order valence-corrected chi connectivity index (χ4v) is 2.73. The fraction of sp³-hybridized carbons (Fsp3) is 0.529. The molecule has 10 nitrogen and oxygen atoms in total. The Labute approximate surface area is 156 Å². The van der Waals surface area contributed by atoms with Gasteiger partial charge < -0.3 is 25.6 Å². The van der Waals surface area contributed by atoms with Crippen LogP contribution in [0.5, 0.6) is 0 Å². The van der Waals surface area contributed by atoms with E-state index in [1.165, 1.54) is 0 Å². The monoisotopic (exact) mass is 379 g/mol.